The summed E-state index contributed by atoms with van der Waals surface area (Å²) < 4.78 is 10.8. The first kappa shape index (κ1) is 14.3. The van der Waals surface area contributed by atoms with E-state index in [9.17, 15) is 0 Å². The van der Waals surface area contributed by atoms with Gasteiger partial charge in [-0.3, -0.25) is 0 Å². The summed E-state index contributed by atoms with van der Waals surface area (Å²) in [6, 6.07) is 0. The second-order valence-corrected chi connectivity index (χ2v) is 3.75. The van der Waals surface area contributed by atoms with Crippen molar-refractivity contribution in [1.82, 2.24) is 0 Å². The zero-order valence-corrected chi connectivity index (χ0v) is 10.1. The standard InChI is InChI=1S/C11H23O2S/c1-2-7-12-8-3-4-9-13-10-5-6-11-14/h2-11H2,1H3. The van der Waals surface area contributed by atoms with E-state index in [1.807, 2.05) is 0 Å². The van der Waals surface area contributed by atoms with Crippen LogP contribution in [0.25, 0.3) is 0 Å². The van der Waals surface area contributed by atoms with Crippen molar-refractivity contribution in [2.24, 2.45) is 0 Å². The molecule has 0 rings (SSSR count). The minimum absolute atomic E-state index is 0.855. The van der Waals surface area contributed by atoms with Crippen molar-refractivity contribution in [3.63, 3.8) is 0 Å². The molecule has 85 valence electrons. The van der Waals surface area contributed by atoms with E-state index in [2.05, 4.69) is 6.92 Å². The topological polar surface area (TPSA) is 18.5 Å². The maximum absolute atomic E-state index is 5.44. The molecule has 0 aromatic rings. The third-order valence-electron chi connectivity index (χ3n) is 1.86. The van der Waals surface area contributed by atoms with Gasteiger partial charge in [-0.2, -0.15) is 0 Å². The predicted octanol–water partition coefficient (Wildman–Crippen LogP) is 3.19. The van der Waals surface area contributed by atoms with Gasteiger partial charge < -0.3 is 9.47 Å². The fourth-order valence-corrected chi connectivity index (χ4v) is 1.27. The Labute approximate surface area is 93.8 Å². The monoisotopic (exact) mass is 219 g/mol. The van der Waals surface area contributed by atoms with Crippen LogP contribution in [-0.2, 0) is 9.47 Å². The van der Waals surface area contributed by atoms with Crippen molar-refractivity contribution < 1.29 is 9.47 Å². The average Bonchev–Trinajstić information content (AvgIpc) is 2.21. The molecule has 0 bridgehead atoms. The van der Waals surface area contributed by atoms with Crippen LogP contribution in [0.4, 0.5) is 0 Å². The molecule has 0 aromatic carbocycles. The third-order valence-corrected chi connectivity index (χ3v) is 2.15. The van der Waals surface area contributed by atoms with Crippen LogP contribution in [-0.4, -0.2) is 32.2 Å². The fourth-order valence-electron chi connectivity index (χ4n) is 1.06. The Hall–Kier alpha value is 0.270. The van der Waals surface area contributed by atoms with Crippen LogP contribution in [0.15, 0.2) is 0 Å². The molecule has 0 heterocycles. The van der Waals surface area contributed by atoms with Gasteiger partial charge >= 0.3 is 0 Å². The van der Waals surface area contributed by atoms with E-state index in [0.29, 0.717) is 0 Å². The number of hydrogen-bond acceptors (Lipinski definition) is 2. The summed E-state index contributed by atoms with van der Waals surface area (Å²) in [5.41, 5.74) is 0. The molecule has 0 spiro atoms. The van der Waals surface area contributed by atoms with Crippen molar-refractivity contribution in [1.29, 1.82) is 0 Å². The highest BCUT2D eigenvalue weighted by atomic mass is 32.1. The van der Waals surface area contributed by atoms with Gasteiger partial charge in [-0.05, 0) is 32.1 Å². The molecule has 1 radical (unpaired) electrons. The molecular weight excluding hydrogens is 196 g/mol. The van der Waals surface area contributed by atoms with Gasteiger partial charge in [0.2, 0.25) is 0 Å². The molecule has 0 aliphatic carbocycles. The van der Waals surface area contributed by atoms with E-state index >= 15 is 0 Å². The molecule has 0 saturated heterocycles. The lowest BCUT2D eigenvalue weighted by molar-refractivity contribution is 0.102. The Balaban J connectivity index is 2.78. The molecule has 3 heteroatoms. The summed E-state index contributed by atoms with van der Waals surface area (Å²) in [7, 11) is 0. The lowest BCUT2D eigenvalue weighted by Gasteiger charge is -2.04. The van der Waals surface area contributed by atoms with Crippen LogP contribution in [0.2, 0.25) is 0 Å². The number of ether oxygens (including phenoxy) is 2. The Bertz CT molecular complexity index is 87.3. The third kappa shape index (κ3) is 12.3. The second-order valence-electron chi connectivity index (χ2n) is 3.34. The van der Waals surface area contributed by atoms with Crippen LogP contribution in [0.3, 0.4) is 0 Å². The Morgan fingerprint density at radius 3 is 1.79 bits per heavy atom. The van der Waals surface area contributed by atoms with Crippen molar-refractivity contribution in [3.05, 3.63) is 0 Å². The number of rotatable bonds is 11. The van der Waals surface area contributed by atoms with Gasteiger partial charge in [-0.15, -0.1) is 0 Å². The summed E-state index contributed by atoms with van der Waals surface area (Å²) in [5, 5.41) is 0. The van der Waals surface area contributed by atoms with E-state index in [-0.39, 0.29) is 0 Å². The maximum atomic E-state index is 5.44. The predicted molar refractivity (Wildman–Crippen MR) is 62.9 cm³/mol. The molecule has 0 aliphatic rings. The zero-order chi connectivity index (χ0) is 10.5. The van der Waals surface area contributed by atoms with Crippen LogP contribution in [0.5, 0.6) is 0 Å². The van der Waals surface area contributed by atoms with Crippen LogP contribution in [0.1, 0.15) is 39.0 Å². The molecular formula is C11H23O2S. The maximum Gasteiger partial charge on any atom is 0.0466 e. The van der Waals surface area contributed by atoms with Gasteiger partial charge in [-0.25, -0.2) is 0 Å². The quantitative estimate of drug-likeness (QED) is 0.497. The summed E-state index contributed by atoms with van der Waals surface area (Å²) in [6.45, 7) is 5.63. The normalized spacial score (nSPS) is 10.7. The smallest absolute Gasteiger partial charge is 0.0466 e. The molecule has 0 fully saturated rings. The van der Waals surface area contributed by atoms with Gasteiger partial charge in [-0.1, -0.05) is 19.6 Å². The minimum atomic E-state index is 0.855. The van der Waals surface area contributed by atoms with Gasteiger partial charge in [0.05, 0.1) is 0 Å². The zero-order valence-electron chi connectivity index (χ0n) is 9.30. The summed E-state index contributed by atoms with van der Waals surface area (Å²) in [6.07, 6.45) is 5.54. The molecule has 0 aromatic heterocycles. The van der Waals surface area contributed by atoms with Gasteiger partial charge in [0.25, 0.3) is 0 Å². The van der Waals surface area contributed by atoms with Crippen LogP contribution >= 0.6 is 12.6 Å². The molecule has 0 N–H and O–H groups in total. The van der Waals surface area contributed by atoms with E-state index in [1.54, 1.807) is 0 Å². The number of unbranched alkanes of at least 4 members (excludes halogenated alkanes) is 2. The van der Waals surface area contributed by atoms with Crippen molar-refractivity contribution >= 4 is 12.6 Å². The molecule has 2 nitrogen and oxygen atoms in total. The van der Waals surface area contributed by atoms with Crippen molar-refractivity contribution in [3.8, 4) is 0 Å². The molecule has 14 heavy (non-hydrogen) atoms. The Kier molecular flexibility index (Phi) is 13.5. The lowest BCUT2D eigenvalue weighted by atomic mass is 10.3. The first-order valence-corrected chi connectivity index (χ1v) is 6.23. The Morgan fingerprint density at radius 1 is 0.786 bits per heavy atom. The first-order valence-electron chi connectivity index (χ1n) is 5.65. The van der Waals surface area contributed by atoms with E-state index < -0.39 is 0 Å². The van der Waals surface area contributed by atoms with Gasteiger partial charge in [0.15, 0.2) is 0 Å². The number of hydrogen-bond donors (Lipinski definition) is 0. The van der Waals surface area contributed by atoms with Crippen molar-refractivity contribution in [2.45, 2.75) is 39.0 Å². The first-order chi connectivity index (χ1) is 6.91. The van der Waals surface area contributed by atoms with Gasteiger partial charge in [0.1, 0.15) is 0 Å². The molecule has 0 saturated carbocycles. The Morgan fingerprint density at radius 2 is 1.29 bits per heavy atom. The molecule has 0 amide bonds. The minimum Gasteiger partial charge on any atom is -0.381 e. The largest absolute Gasteiger partial charge is 0.381 e. The second kappa shape index (κ2) is 13.3. The van der Waals surface area contributed by atoms with Crippen molar-refractivity contribution in [2.75, 3.05) is 32.2 Å². The molecule has 0 atom stereocenters. The molecule has 0 unspecified atom stereocenters. The van der Waals surface area contributed by atoms with Crippen LogP contribution in [0, 0.1) is 0 Å². The fraction of sp³-hybridized carbons (Fsp3) is 1.00. The average molecular weight is 219 g/mol. The van der Waals surface area contributed by atoms with E-state index in [4.69, 9.17) is 22.1 Å². The SMILES string of the molecule is CCCOCCCCOCCCC[S]. The molecule has 0 aliphatic heterocycles. The van der Waals surface area contributed by atoms with E-state index in [1.165, 1.54) is 0 Å². The summed E-state index contributed by atoms with van der Waals surface area (Å²) in [5.74, 6) is 0.855. The van der Waals surface area contributed by atoms with Gasteiger partial charge in [0, 0.05) is 32.2 Å². The van der Waals surface area contributed by atoms with Crippen LogP contribution < -0.4 is 0 Å². The lowest BCUT2D eigenvalue weighted by Crippen LogP contribution is -2.00. The highest BCUT2D eigenvalue weighted by molar-refractivity contribution is 7.80. The summed E-state index contributed by atoms with van der Waals surface area (Å²) >= 11 is 4.84. The summed E-state index contributed by atoms with van der Waals surface area (Å²) in [4.78, 5) is 0. The van der Waals surface area contributed by atoms with E-state index in [0.717, 1.165) is 64.3 Å². The highest BCUT2D eigenvalue weighted by Crippen LogP contribution is 1.95. The highest BCUT2D eigenvalue weighted by Gasteiger charge is 1.91.